The summed E-state index contributed by atoms with van der Waals surface area (Å²) in [6.45, 7) is 4.23. The van der Waals surface area contributed by atoms with Crippen molar-refractivity contribution >= 4 is 0 Å². The summed E-state index contributed by atoms with van der Waals surface area (Å²) in [6.07, 6.45) is 0. The van der Waals surface area contributed by atoms with E-state index in [4.69, 9.17) is 0 Å². The molecular weight excluding hydrogens is 307 g/mol. The van der Waals surface area contributed by atoms with Crippen LogP contribution in [0.5, 0.6) is 11.5 Å². The number of phenols is 2. The molecule has 0 bridgehead atoms. The minimum atomic E-state index is -0.151. The van der Waals surface area contributed by atoms with Crippen LogP contribution in [-0.4, -0.2) is 10.2 Å². The Morgan fingerprint density at radius 2 is 1.04 bits per heavy atom. The number of benzene rings is 3. The van der Waals surface area contributed by atoms with Crippen molar-refractivity contribution in [1.82, 2.24) is 0 Å². The zero-order chi connectivity index (χ0) is 16.7. The van der Waals surface area contributed by atoms with E-state index in [9.17, 15) is 10.2 Å². The van der Waals surface area contributed by atoms with E-state index in [0.717, 1.165) is 11.1 Å². The van der Waals surface area contributed by atoms with E-state index in [1.54, 1.807) is 24.3 Å². The zero-order valence-corrected chi connectivity index (χ0v) is 16.4. The molecule has 3 aromatic rings. The SMILES string of the molecule is CC(C)(c1ccc(O)cc1)c1ccc(O)cc1.[Na+].[c-]1ccccc1. The molecule has 0 unspecified atom stereocenters. The molecule has 0 saturated carbocycles. The van der Waals surface area contributed by atoms with Crippen LogP contribution >= 0.6 is 0 Å². The van der Waals surface area contributed by atoms with E-state index in [1.807, 2.05) is 54.6 Å². The van der Waals surface area contributed by atoms with Crippen LogP contribution in [0.3, 0.4) is 0 Å². The van der Waals surface area contributed by atoms with Crippen molar-refractivity contribution in [2.24, 2.45) is 0 Å². The Morgan fingerprint density at radius 3 is 1.29 bits per heavy atom. The Hall–Kier alpha value is -1.74. The Kier molecular flexibility index (Phi) is 8.06. The van der Waals surface area contributed by atoms with Gasteiger partial charge < -0.3 is 10.2 Å². The van der Waals surface area contributed by atoms with Gasteiger partial charge in [-0.25, -0.2) is 0 Å². The average molecular weight is 328 g/mol. The third-order valence-electron chi connectivity index (χ3n) is 3.79. The van der Waals surface area contributed by atoms with Crippen LogP contribution in [0, 0.1) is 6.07 Å². The summed E-state index contributed by atoms with van der Waals surface area (Å²) < 4.78 is 0. The van der Waals surface area contributed by atoms with Gasteiger partial charge >= 0.3 is 29.6 Å². The van der Waals surface area contributed by atoms with Crippen LogP contribution in [0.4, 0.5) is 0 Å². The number of aromatic hydroxyl groups is 2. The van der Waals surface area contributed by atoms with Crippen LogP contribution in [0.25, 0.3) is 0 Å². The quantitative estimate of drug-likeness (QED) is 0.557. The van der Waals surface area contributed by atoms with Crippen molar-refractivity contribution in [3.05, 3.63) is 96.1 Å². The second-order valence-electron chi connectivity index (χ2n) is 5.80. The van der Waals surface area contributed by atoms with Gasteiger partial charge in [0.25, 0.3) is 0 Å². The molecule has 118 valence electrons. The van der Waals surface area contributed by atoms with Crippen LogP contribution in [0.15, 0.2) is 78.9 Å². The minimum absolute atomic E-state index is 0. The summed E-state index contributed by atoms with van der Waals surface area (Å²) >= 11 is 0. The predicted molar refractivity (Wildman–Crippen MR) is 93.6 cm³/mol. The molecule has 2 nitrogen and oxygen atoms in total. The summed E-state index contributed by atoms with van der Waals surface area (Å²) in [7, 11) is 0. The molecule has 0 saturated heterocycles. The first-order chi connectivity index (χ1) is 11.0. The van der Waals surface area contributed by atoms with Crippen molar-refractivity contribution in [2.45, 2.75) is 19.3 Å². The zero-order valence-electron chi connectivity index (χ0n) is 14.4. The molecule has 0 fully saturated rings. The maximum absolute atomic E-state index is 9.30. The number of hydrogen-bond donors (Lipinski definition) is 2. The molecular formula is C21H21NaO2. The van der Waals surface area contributed by atoms with Crippen molar-refractivity contribution < 1.29 is 39.8 Å². The average Bonchev–Trinajstić information content (AvgIpc) is 2.58. The molecule has 2 N–H and O–H groups in total. The smallest absolute Gasteiger partial charge is 0.508 e. The van der Waals surface area contributed by atoms with Gasteiger partial charge in [0, 0.05) is 5.41 Å². The Balaban J connectivity index is 0.000000349. The van der Waals surface area contributed by atoms with Gasteiger partial charge in [-0.2, -0.15) is 36.4 Å². The van der Waals surface area contributed by atoms with Crippen LogP contribution < -0.4 is 29.6 Å². The van der Waals surface area contributed by atoms with Gasteiger partial charge in [0.05, 0.1) is 0 Å². The largest absolute Gasteiger partial charge is 1.00 e. The predicted octanol–water partition coefficient (Wildman–Crippen LogP) is 1.91. The van der Waals surface area contributed by atoms with Crippen LogP contribution in [-0.2, 0) is 5.41 Å². The summed E-state index contributed by atoms with van der Waals surface area (Å²) in [4.78, 5) is 0. The molecule has 24 heavy (non-hydrogen) atoms. The van der Waals surface area contributed by atoms with E-state index in [-0.39, 0.29) is 46.5 Å². The fourth-order valence-corrected chi connectivity index (χ4v) is 2.26. The molecule has 0 amide bonds. The van der Waals surface area contributed by atoms with E-state index < -0.39 is 0 Å². The summed E-state index contributed by atoms with van der Waals surface area (Å²) in [5.74, 6) is 0.547. The molecule has 3 aromatic carbocycles. The van der Waals surface area contributed by atoms with E-state index >= 15 is 0 Å². The molecule has 0 aliphatic carbocycles. The summed E-state index contributed by atoms with van der Waals surface area (Å²) in [6, 6.07) is 26.9. The van der Waals surface area contributed by atoms with Crippen LogP contribution in [0.2, 0.25) is 0 Å². The maximum Gasteiger partial charge on any atom is 1.00 e. The summed E-state index contributed by atoms with van der Waals surface area (Å²) in [5.41, 5.74) is 2.10. The van der Waals surface area contributed by atoms with Crippen molar-refractivity contribution in [3.8, 4) is 11.5 Å². The van der Waals surface area contributed by atoms with Crippen molar-refractivity contribution in [3.63, 3.8) is 0 Å². The monoisotopic (exact) mass is 328 g/mol. The van der Waals surface area contributed by atoms with Gasteiger partial charge in [0.2, 0.25) is 0 Å². The van der Waals surface area contributed by atoms with E-state index in [0.29, 0.717) is 0 Å². The Labute approximate surface area is 166 Å². The van der Waals surface area contributed by atoms with Gasteiger partial charge in [-0.05, 0) is 35.4 Å². The number of hydrogen-bond acceptors (Lipinski definition) is 2. The van der Waals surface area contributed by atoms with Crippen molar-refractivity contribution in [1.29, 1.82) is 0 Å². The molecule has 0 aliphatic heterocycles. The first-order valence-corrected chi connectivity index (χ1v) is 7.50. The fourth-order valence-electron chi connectivity index (χ4n) is 2.26. The molecule has 3 rings (SSSR count). The van der Waals surface area contributed by atoms with Gasteiger partial charge in [0.1, 0.15) is 11.5 Å². The molecule has 0 heterocycles. The van der Waals surface area contributed by atoms with E-state index in [2.05, 4.69) is 19.9 Å². The maximum atomic E-state index is 9.30. The molecule has 0 aliphatic rings. The normalized spacial score (nSPS) is 10.1. The molecule has 0 radical (unpaired) electrons. The molecule has 3 heteroatoms. The standard InChI is InChI=1S/C15H16O2.C6H5.Na/c1-15(2,11-3-7-13(16)8-4-11)12-5-9-14(17)10-6-12;1-2-4-6-5-3-1;/h3-10,16-17H,1-2H3;1-5H;/q;-1;+1. The van der Waals surface area contributed by atoms with Gasteiger partial charge in [0.15, 0.2) is 0 Å². The Morgan fingerprint density at radius 1 is 0.667 bits per heavy atom. The molecule has 0 spiro atoms. The molecule has 0 atom stereocenters. The van der Waals surface area contributed by atoms with Crippen molar-refractivity contribution in [2.75, 3.05) is 0 Å². The van der Waals surface area contributed by atoms with Gasteiger partial charge in [-0.15, -0.1) is 0 Å². The third-order valence-corrected chi connectivity index (χ3v) is 3.79. The van der Waals surface area contributed by atoms with Crippen LogP contribution in [0.1, 0.15) is 25.0 Å². The second kappa shape index (κ2) is 9.53. The van der Waals surface area contributed by atoms with Gasteiger partial charge in [-0.1, -0.05) is 38.1 Å². The summed E-state index contributed by atoms with van der Waals surface area (Å²) in [5, 5.41) is 18.6. The van der Waals surface area contributed by atoms with Gasteiger partial charge in [-0.3, -0.25) is 0 Å². The number of rotatable bonds is 2. The number of phenolic OH excluding ortho intramolecular Hbond substituents is 2. The first-order valence-electron chi connectivity index (χ1n) is 7.50. The topological polar surface area (TPSA) is 40.5 Å². The van der Waals surface area contributed by atoms with E-state index in [1.165, 1.54) is 0 Å². The first kappa shape index (κ1) is 20.3. The fraction of sp³-hybridized carbons (Fsp3) is 0.143. The Bertz CT molecular complexity index is 631. The third kappa shape index (κ3) is 5.72. The minimum Gasteiger partial charge on any atom is -0.508 e. The second-order valence-corrected chi connectivity index (χ2v) is 5.80. The molecule has 0 aromatic heterocycles.